The highest BCUT2D eigenvalue weighted by molar-refractivity contribution is 5.44. The van der Waals surface area contributed by atoms with Gasteiger partial charge in [-0.25, -0.2) is 5.43 Å². The zero-order valence-corrected chi connectivity index (χ0v) is 13.8. The average molecular weight is 298 g/mol. The Kier molecular flexibility index (Phi) is 6.28. The van der Waals surface area contributed by atoms with Crippen molar-refractivity contribution in [2.45, 2.75) is 40.2 Å². The lowest BCUT2D eigenvalue weighted by Crippen LogP contribution is -2.20. The Morgan fingerprint density at radius 2 is 1.68 bits per heavy atom. The second kappa shape index (κ2) is 8.44. The van der Waals surface area contributed by atoms with Gasteiger partial charge >= 0.3 is 0 Å². The molecular formula is C19H26N2O. The van der Waals surface area contributed by atoms with Crippen molar-refractivity contribution in [2.75, 3.05) is 12.0 Å². The molecule has 0 aromatic heterocycles. The third-order valence-corrected chi connectivity index (χ3v) is 3.56. The minimum Gasteiger partial charge on any atom is -0.493 e. The van der Waals surface area contributed by atoms with Crippen molar-refractivity contribution in [1.29, 1.82) is 0 Å². The van der Waals surface area contributed by atoms with E-state index in [4.69, 9.17) is 4.74 Å². The number of hydrogen-bond donors (Lipinski definition) is 2. The van der Waals surface area contributed by atoms with E-state index in [0.29, 0.717) is 0 Å². The van der Waals surface area contributed by atoms with Gasteiger partial charge in [0.25, 0.3) is 0 Å². The number of hydrazine groups is 1. The summed E-state index contributed by atoms with van der Waals surface area (Å²) in [4.78, 5) is 0. The summed E-state index contributed by atoms with van der Waals surface area (Å²) in [5.74, 6) is 1.04. The van der Waals surface area contributed by atoms with E-state index in [1.54, 1.807) is 0 Å². The molecule has 0 unspecified atom stereocenters. The van der Waals surface area contributed by atoms with Crippen LogP contribution in [0.4, 0.5) is 5.69 Å². The third-order valence-electron chi connectivity index (χ3n) is 3.56. The smallest absolute Gasteiger partial charge is 0.125 e. The molecule has 118 valence electrons. The molecule has 3 heteroatoms. The van der Waals surface area contributed by atoms with Gasteiger partial charge in [-0.2, -0.15) is 0 Å². The van der Waals surface area contributed by atoms with Crippen molar-refractivity contribution in [3.05, 3.63) is 59.2 Å². The lowest BCUT2D eigenvalue weighted by molar-refractivity contribution is 0.305. The van der Waals surface area contributed by atoms with E-state index >= 15 is 0 Å². The summed E-state index contributed by atoms with van der Waals surface area (Å²) >= 11 is 0. The fourth-order valence-corrected chi connectivity index (χ4v) is 2.46. The quantitative estimate of drug-likeness (QED) is 0.552. The van der Waals surface area contributed by atoms with Gasteiger partial charge in [-0.1, -0.05) is 43.7 Å². The molecule has 0 heterocycles. The number of rotatable bonds is 8. The molecule has 0 aliphatic rings. The van der Waals surface area contributed by atoms with Crippen molar-refractivity contribution in [2.24, 2.45) is 0 Å². The largest absolute Gasteiger partial charge is 0.493 e. The first-order chi connectivity index (χ1) is 10.7. The molecule has 0 aliphatic heterocycles. The fraction of sp³-hybridized carbons (Fsp3) is 0.368. The second-order valence-corrected chi connectivity index (χ2v) is 5.61. The number of hydrogen-bond acceptors (Lipinski definition) is 3. The molecule has 2 aromatic carbocycles. The number of unbranched alkanes of at least 4 members (excludes halogenated alkanes) is 1. The van der Waals surface area contributed by atoms with E-state index in [0.717, 1.165) is 37.4 Å². The highest BCUT2D eigenvalue weighted by Gasteiger charge is 2.06. The molecule has 2 N–H and O–H groups in total. The Labute approximate surface area is 133 Å². The van der Waals surface area contributed by atoms with Crippen LogP contribution in [0.5, 0.6) is 5.75 Å². The number of aryl methyl sites for hydroxylation is 2. The molecule has 0 saturated carbocycles. The average Bonchev–Trinajstić information content (AvgIpc) is 2.51. The highest BCUT2D eigenvalue weighted by atomic mass is 16.5. The van der Waals surface area contributed by atoms with Gasteiger partial charge in [-0.3, -0.25) is 0 Å². The van der Waals surface area contributed by atoms with E-state index < -0.39 is 0 Å². The summed E-state index contributed by atoms with van der Waals surface area (Å²) in [6.45, 7) is 7.97. The van der Waals surface area contributed by atoms with Crippen molar-refractivity contribution in [1.82, 2.24) is 5.43 Å². The number of benzene rings is 2. The van der Waals surface area contributed by atoms with Crippen molar-refractivity contribution >= 4 is 5.69 Å². The van der Waals surface area contributed by atoms with Gasteiger partial charge in [-0.05, 0) is 49.1 Å². The first kappa shape index (κ1) is 16.4. The zero-order chi connectivity index (χ0) is 15.8. The highest BCUT2D eigenvalue weighted by Crippen LogP contribution is 2.25. The Bertz CT molecular complexity index is 558. The zero-order valence-electron chi connectivity index (χ0n) is 13.8. The SMILES string of the molecule is CCCCOc1c(C)cc(CNNc2ccccc2)cc1C. The van der Waals surface area contributed by atoms with Crippen LogP contribution in [0.25, 0.3) is 0 Å². The lowest BCUT2D eigenvalue weighted by atomic mass is 10.1. The van der Waals surface area contributed by atoms with E-state index in [1.165, 1.54) is 16.7 Å². The summed E-state index contributed by atoms with van der Waals surface area (Å²) in [6.07, 6.45) is 2.26. The normalized spacial score (nSPS) is 10.5. The van der Waals surface area contributed by atoms with Gasteiger partial charge in [0.2, 0.25) is 0 Å². The maximum atomic E-state index is 5.90. The second-order valence-electron chi connectivity index (χ2n) is 5.61. The van der Waals surface area contributed by atoms with Gasteiger partial charge < -0.3 is 10.2 Å². The van der Waals surface area contributed by atoms with Crippen molar-refractivity contribution in [3.63, 3.8) is 0 Å². The summed E-state index contributed by atoms with van der Waals surface area (Å²) < 4.78 is 5.90. The predicted molar refractivity (Wildman–Crippen MR) is 93.2 cm³/mol. The van der Waals surface area contributed by atoms with Gasteiger partial charge in [-0.15, -0.1) is 0 Å². The summed E-state index contributed by atoms with van der Waals surface area (Å²) in [5, 5.41) is 0. The molecule has 0 fully saturated rings. The maximum absolute atomic E-state index is 5.90. The van der Waals surface area contributed by atoms with Crippen LogP contribution < -0.4 is 15.6 Å². The van der Waals surface area contributed by atoms with Gasteiger partial charge in [0, 0.05) is 12.2 Å². The fourth-order valence-electron chi connectivity index (χ4n) is 2.46. The van der Waals surface area contributed by atoms with Crippen molar-refractivity contribution in [3.8, 4) is 5.75 Å². The summed E-state index contributed by atoms with van der Waals surface area (Å²) in [7, 11) is 0. The molecule has 0 spiro atoms. The molecular weight excluding hydrogens is 272 g/mol. The standard InChI is InChI=1S/C19H26N2O/c1-4-5-11-22-19-15(2)12-17(13-16(19)3)14-20-21-18-9-7-6-8-10-18/h6-10,12-13,20-21H,4-5,11,14H2,1-3H3. The lowest BCUT2D eigenvalue weighted by Gasteiger charge is -2.15. The Morgan fingerprint density at radius 3 is 2.32 bits per heavy atom. The molecule has 22 heavy (non-hydrogen) atoms. The van der Waals surface area contributed by atoms with E-state index in [1.807, 2.05) is 30.3 Å². The van der Waals surface area contributed by atoms with E-state index in [2.05, 4.69) is 43.8 Å². The monoisotopic (exact) mass is 298 g/mol. The Hall–Kier alpha value is -2.00. The summed E-state index contributed by atoms with van der Waals surface area (Å²) in [6, 6.07) is 14.5. The minimum atomic E-state index is 0.770. The minimum absolute atomic E-state index is 0.770. The van der Waals surface area contributed by atoms with Crippen LogP contribution in [0.1, 0.15) is 36.5 Å². The van der Waals surface area contributed by atoms with Crippen LogP contribution in [0.3, 0.4) is 0 Å². The third kappa shape index (κ3) is 4.78. The molecule has 2 rings (SSSR count). The molecule has 2 aromatic rings. The van der Waals surface area contributed by atoms with Gasteiger partial charge in [0.05, 0.1) is 6.61 Å². The van der Waals surface area contributed by atoms with Crippen LogP contribution in [0.15, 0.2) is 42.5 Å². The molecule has 0 bridgehead atoms. The topological polar surface area (TPSA) is 33.3 Å². The Morgan fingerprint density at radius 1 is 1.00 bits per heavy atom. The number of ether oxygens (including phenoxy) is 1. The molecule has 0 aliphatic carbocycles. The molecule has 0 radical (unpaired) electrons. The van der Waals surface area contributed by atoms with Crippen LogP contribution >= 0.6 is 0 Å². The van der Waals surface area contributed by atoms with Crippen LogP contribution in [-0.2, 0) is 6.54 Å². The number of para-hydroxylation sites is 1. The number of anilines is 1. The molecule has 0 saturated heterocycles. The van der Waals surface area contributed by atoms with Gasteiger partial charge in [0.15, 0.2) is 0 Å². The van der Waals surface area contributed by atoms with Crippen molar-refractivity contribution < 1.29 is 4.74 Å². The molecule has 3 nitrogen and oxygen atoms in total. The maximum Gasteiger partial charge on any atom is 0.125 e. The van der Waals surface area contributed by atoms with Crippen LogP contribution in [0.2, 0.25) is 0 Å². The van der Waals surface area contributed by atoms with Crippen LogP contribution in [-0.4, -0.2) is 6.61 Å². The summed E-state index contributed by atoms with van der Waals surface area (Å²) in [5.41, 5.74) is 11.2. The van der Waals surface area contributed by atoms with E-state index in [9.17, 15) is 0 Å². The first-order valence-electron chi connectivity index (χ1n) is 7.97. The van der Waals surface area contributed by atoms with E-state index in [-0.39, 0.29) is 0 Å². The van der Waals surface area contributed by atoms with Gasteiger partial charge in [0.1, 0.15) is 5.75 Å². The predicted octanol–water partition coefficient (Wildman–Crippen LogP) is 4.60. The Balaban J connectivity index is 1.92. The number of nitrogens with one attached hydrogen (secondary N) is 2. The van der Waals surface area contributed by atoms with Crippen LogP contribution in [0, 0.1) is 13.8 Å². The molecule has 0 atom stereocenters. The first-order valence-corrected chi connectivity index (χ1v) is 7.97. The molecule has 0 amide bonds.